The van der Waals surface area contributed by atoms with Gasteiger partial charge in [-0.2, -0.15) is 0 Å². The standard InChI is InChI=1S/C19H11BrN4O3S/c1-9-22-23-19(28-9)24-15(10-4-6-21-7-5-10)14-16(25)12-8-11(20)2-3-13(12)27-17(14)18(24)26/h2-8,15H,1H3. The minimum absolute atomic E-state index is 0.0366. The second-order valence-electron chi connectivity index (χ2n) is 6.28. The largest absolute Gasteiger partial charge is 0.450 e. The van der Waals surface area contributed by atoms with Crippen LogP contribution in [0.2, 0.25) is 0 Å². The van der Waals surface area contributed by atoms with Crippen molar-refractivity contribution in [3.8, 4) is 0 Å². The maximum atomic E-state index is 13.4. The van der Waals surface area contributed by atoms with E-state index in [1.165, 1.54) is 16.2 Å². The number of carbonyl (C=O) groups excluding carboxylic acids is 1. The van der Waals surface area contributed by atoms with Crippen LogP contribution < -0.4 is 10.3 Å². The topological polar surface area (TPSA) is 89.2 Å². The Morgan fingerprint density at radius 3 is 2.64 bits per heavy atom. The predicted octanol–water partition coefficient (Wildman–Crippen LogP) is 3.86. The predicted molar refractivity (Wildman–Crippen MR) is 108 cm³/mol. The normalized spacial score (nSPS) is 16.0. The summed E-state index contributed by atoms with van der Waals surface area (Å²) in [7, 11) is 0. The maximum Gasteiger partial charge on any atom is 0.297 e. The van der Waals surface area contributed by atoms with Crippen molar-refractivity contribution in [3.05, 3.63) is 79.3 Å². The lowest BCUT2D eigenvalue weighted by molar-refractivity contribution is 0.0970. The fraction of sp³-hybridized carbons (Fsp3) is 0.105. The molecule has 0 saturated carbocycles. The zero-order valence-electron chi connectivity index (χ0n) is 14.4. The number of nitrogens with zero attached hydrogens (tertiary/aromatic N) is 4. The van der Waals surface area contributed by atoms with Crippen LogP contribution in [0.1, 0.15) is 32.7 Å². The highest BCUT2D eigenvalue weighted by Gasteiger charge is 2.45. The van der Waals surface area contributed by atoms with Crippen molar-refractivity contribution >= 4 is 49.3 Å². The fourth-order valence-corrected chi connectivity index (χ4v) is 4.46. The number of hydrogen-bond acceptors (Lipinski definition) is 7. The number of aromatic nitrogens is 3. The zero-order valence-corrected chi connectivity index (χ0v) is 16.8. The van der Waals surface area contributed by atoms with Crippen LogP contribution in [-0.4, -0.2) is 21.1 Å². The molecule has 3 aromatic heterocycles. The van der Waals surface area contributed by atoms with E-state index in [0.717, 1.165) is 15.0 Å². The van der Waals surface area contributed by atoms with Crippen molar-refractivity contribution < 1.29 is 9.21 Å². The zero-order chi connectivity index (χ0) is 19.4. The molecule has 0 fully saturated rings. The summed E-state index contributed by atoms with van der Waals surface area (Å²) in [6, 6.07) is 8.04. The molecule has 0 spiro atoms. The van der Waals surface area contributed by atoms with E-state index in [9.17, 15) is 9.59 Å². The van der Waals surface area contributed by atoms with Gasteiger partial charge < -0.3 is 4.42 Å². The molecule has 4 aromatic rings. The lowest BCUT2D eigenvalue weighted by atomic mass is 10.00. The van der Waals surface area contributed by atoms with E-state index in [0.29, 0.717) is 21.7 Å². The monoisotopic (exact) mass is 454 g/mol. The van der Waals surface area contributed by atoms with Gasteiger partial charge in [0.15, 0.2) is 5.43 Å². The summed E-state index contributed by atoms with van der Waals surface area (Å²) in [5.74, 6) is -0.371. The molecule has 7 nitrogen and oxygen atoms in total. The third kappa shape index (κ3) is 2.50. The number of anilines is 1. The SMILES string of the molecule is Cc1nnc(N2C(=O)c3oc4ccc(Br)cc4c(=O)c3C2c2ccncc2)s1. The van der Waals surface area contributed by atoms with Crippen LogP contribution in [0, 0.1) is 6.92 Å². The molecule has 1 atom stereocenters. The average molecular weight is 455 g/mol. The summed E-state index contributed by atoms with van der Waals surface area (Å²) in [5, 5.41) is 9.70. The second kappa shape index (κ2) is 6.32. The molecule has 9 heteroatoms. The molecule has 0 saturated heterocycles. The molecule has 1 unspecified atom stereocenters. The van der Waals surface area contributed by atoms with E-state index >= 15 is 0 Å². The third-order valence-electron chi connectivity index (χ3n) is 4.58. The Morgan fingerprint density at radius 1 is 1.14 bits per heavy atom. The van der Waals surface area contributed by atoms with Gasteiger partial charge in [-0.25, -0.2) is 0 Å². The van der Waals surface area contributed by atoms with E-state index in [2.05, 4.69) is 31.1 Å². The van der Waals surface area contributed by atoms with E-state index in [4.69, 9.17) is 4.42 Å². The number of carbonyl (C=O) groups is 1. The molecule has 0 N–H and O–H groups in total. The maximum absolute atomic E-state index is 13.4. The van der Waals surface area contributed by atoms with Gasteiger partial charge in [-0.05, 0) is 42.8 Å². The van der Waals surface area contributed by atoms with Crippen LogP contribution in [0.25, 0.3) is 11.0 Å². The molecule has 138 valence electrons. The summed E-state index contributed by atoms with van der Waals surface area (Å²) in [6.07, 6.45) is 3.25. The molecular formula is C19H11BrN4O3S. The minimum atomic E-state index is -0.655. The molecule has 1 aliphatic rings. The van der Waals surface area contributed by atoms with Crippen LogP contribution in [0.4, 0.5) is 5.13 Å². The van der Waals surface area contributed by atoms with Crippen LogP contribution in [-0.2, 0) is 0 Å². The highest BCUT2D eigenvalue weighted by atomic mass is 79.9. The van der Waals surface area contributed by atoms with E-state index < -0.39 is 11.9 Å². The summed E-state index contributed by atoms with van der Waals surface area (Å²) in [6.45, 7) is 1.81. The number of rotatable bonds is 2. The number of benzene rings is 1. The van der Waals surface area contributed by atoms with Crippen LogP contribution in [0.3, 0.4) is 0 Å². The number of hydrogen-bond donors (Lipinski definition) is 0. The first kappa shape index (κ1) is 17.2. The van der Waals surface area contributed by atoms with Gasteiger partial charge in [0.25, 0.3) is 5.91 Å². The van der Waals surface area contributed by atoms with E-state index in [1.807, 2.05) is 6.92 Å². The first-order chi connectivity index (χ1) is 13.5. The lowest BCUT2D eigenvalue weighted by Gasteiger charge is -2.21. The molecule has 0 aliphatic carbocycles. The third-order valence-corrected chi connectivity index (χ3v) is 5.91. The lowest BCUT2D eigenvalue weighted by Crippen LogP contribution is -2.29. The van der Waals surface area contributed by atoms with Gasteiger partial charge in [0, 0.05) is 16.9 Å². The molecule has 1 amide bonds. The van der Waals surface area contributed by atoms with Gasteiger partial charge >= 0.3 is 0 Å². The number of fused-ring (bicyclic) bond motifs is 2. The molecule has 0 bridgehead atoms. The van der Waals surface area contributed by atoms with E-state index in [1.54, 1.807) is 42.7 Å². The molecular weight excluding hydrogens is 444 g/mol. The Hall–Kier alpha value is -2.91. The molecule has 5 rings (SSSR count). The van der Waals surface area contributed by atoms with Crippen molar-refractivity contribution in [2.75, 3.05) is 4.90 Å². The Bertz CT molecular complexity index is 1300. The highest BCUT2D eigenvalue weighted by molar-refractivity contribution is 9.10. The number of pyridine rings is 1. The van der Waals surface area contributed by atoms with Gasteiger partial charge in [-0.15, -0.1) is 10.2 Å². The highest BCUT2D eigenvalue weighted by Crippen LogP contribution is 2.41. The van der Waals surface area contributed by atoms with Crippen molar-refractivity contribution in [2.45, 2.75) is 13.0 Å². The van der Waals surface area contributed by atoms with E-state index in [-0.39, 0.29) is 11.2 Å². The van der Waals surface area contributed by atoms with Crippen molar-refractivity contribution in [1.29, 1.82) is 0 Å². The van der Waals surface area contributed by atoms with Crippen LogP contribution in [0.5, 0.6) is 0 Å². The molecule has 1 aliphatic heterocycles. The molecule has 1 aromatic carbocycles. The Labute approximate surface area is 170 Å². The quantitative estimate of drug-likeness (QED) is 0.456. The summed E-state index contributed by atoms with van der Waals surface area (Å²) >= 11 is 4.67. The van der Waals surface area contributed by atoms with Gasteiger partial charge in [-0.1, -0.05) is 27.3 Å². The fourth-order valence-electron chi connectivity index (χ4n) is 3.39. The van der Waals surface area contributed by atoms with Gasteiger partial charge in [0.05, 0.1) is 17.0 Å². The van der Waals surface area contributed by atoms with Crippen LogP contribution in [0.15, 0.2) is 56.4 Å². The van der Waals surface area contributed by atoms with Crippen LogP contribution >= 0.6 is 27.3 Å². The van der Waals surface area contributed by atoms with Crippen molar-refractivity contribution in [2.24, 2.45) is 0 Å². The summed E-state index contributed by atoms with van der Waals surface area (Å²) in [5.41, 5.74) is 1.17. The second-order valence-corrected chi connectivity index (χ2v) is 8.35. The minimum Gasteiger partial charge on any atom is -0.450 e. The van der Waals surface area contributed by atoms with Gasteiger partial charge in [-0.3, -0.25) is 19.5 Å². The summed E-state index contributed by atoms with van der Waals surface area (Å²) in [4.78, 5) is 32.2. The first-order valence-electron chi connectivity index (χ1n) is 8.34. The Balaban J connectivity index is 1.84. The van der Waals surface area contributed by atoms with Gasteiger partial charge in [0.2, 0.25) is 10.9 Å². The van der Waals surface area contributed by atoms with Crippen molar-refractivity contribution in [3.63, 3.8) is 0 Å². The Morgan fingerprint density at radius 2 is 1.93 bits per heavy atom. The number of amides is 1. The van der Waals surface area contributed by atoms with Gasteiger partial charge in [0.1, 0.15) is 10.6 Å². The average Bonchev–Trinajstić information content (AvgIpc) is 3.24. The molecule has 28 heavy (non-hydrogen) atoms. The smallest absolute Gasteiger partial charge is 0.297 e. The molecule has 4 heterocycles. The van der Waals surface area contributed by atoms with Crippen molar-refractivity contribution in [1.82, 2.24) is 15.2 Å². The Kier molecular flexibility index (Phi) is 3.88. The molecule has 0 radical (unpaired) electrons. The summed E-state index contributed by atoms with van der Waals surface area (Å²) < 4.78 is 6.65. The number of halogens is 1. The first-order valence-corrected chi connectivity index (χ1v) is 9.95. The number of aryl methyl sites for hydroxylation is 1.